The van der Waals surface area contributed by atoms with Crippen LogP contribution in [0.4, 0.5) is 0 Å². The highest BCUT2D eigenvalue weighted by atomic mass is 16.4. The van der Waals surface area contributed by atoms with Gasteiger partial charge in [0.25, 0.3) is 5.91 Å². The van der Waals surface area contributed by atoms with Gasteiger partial charge < -0.3 is 34.8 Å². The van der Waals surface area contributed by atoms with Gasteiger partial charge in [0.15, 0.2) is 17.3 Å². The number of amides is 1. The van der Waals surface area contributed by atoms with E-state index >= 15 is 0 Å². The van der Waals surface area contributed by atoms with Gasteiger partial charge in [-0.25, -0.2) is 0 Å². The molecule has 1 aromatic heterocycles. The molecule has 0 radical (unpaired) electrons. The lowest BCUT2D eigenvalue weighted by atomic mass is 10.0. The molecule has 140 valence electrons. The second-order valence-corrected chi connectivity index (χ2v) is 6.00. The summed E-state index contributed by atoms with van der Waals surface area (Å²) in [5, 5.41) is 49.2. The van der Waals surface area contributed by atoms with E-state index in [4.69, 9.17) is 4.42 Å². The second-order valence-electron chi connectivity index (χ2n) is 6.00. The average Bonchev–Trinajstić information content (AvgIpc) is 2.60. The number of benzene rings is 2. The van der Waals surface area contributed by atoms with Crippen molar-refractivity contribution >= 4 is 16.9 Å². The number of fused-ring (bicyclic) bond motifs is 1. The van der Waals surface area contributed by atoms with Gasteiger partial charge in [-0.2, -0.15) is 0 Å². The molecule has 2 aromatic carbocycles. The van der Waals surface area contributed by atoms with Crippen molar-refractivity contribution in [1.29, 1.82) is 0 Å². The molecule has 0 aliphatic heterocycles. The van der Waals surface area contributed by atoms with E-state index in [9.17, 15) is 35.1 Å². The number of hydrogen-bond acceptors (Lipinski definition) is 8. The number of carbonyl (C=O) groups is 1. The van der Waals surface area contributed by atoms with E-state index in [1.54, 1.807) is 0 Å². The third-order valence-electron chi connectivity index (χ3n) is 3.97. The van der Waals surface area contributed by atoms with Crippen LogP contribution in [0, 0.1) is 0 Å². The molecule has 9 heteroatoms. The van der Waals surface area contributed by atoms with Crippen LogP contribution in [0.15, 0.2) is 33.5 Å². The van der Waals surface area contributed by atoms with Gasteiger partial charge in [-0.3, -0.25) is 9.59 Å². The SMILES string of the molecule is CN(C)C(=O)c1c(O)cc2oc(-c3ccc(O)c(O)c3)c(O)c(=O)c2c1O. The molecule has 0 unspecified atom stereocenters. The first-order valence-electron chi connectivity index (χ1n) is 7.62. The van der Waals surface area contributed by atoms with E-state index < -0.39 is 51.0 Å². The zero-order valence-electron chi connectivity index (χ0n) is 14.2. The summed E-state index contributed by atoms with van der Waals surface area (Å²) >= 11 is 0. The number of phenols is 4. The predicted molar refractivity (Wildman–Crippen MR) is 94.3 cm³/mol. The molecule has 0 saturated heterocycles. The summed E-state index contributed by atoms with van der Waals surface area (Å²) in [6.45, 7) is 0. The lowest BCUT2D eigenvalue weighted by Crippen LogP contribution is -2.22. The van der Waals surface area contributed by atoms with Crippen LogP contribution in [-0.4, -0.2) is 50.4 Å². The van der Waals surface area contributed by atoms with Crippen molar-refractivity contribution in [3.8, 4) is 40.1 Å². The van der Waals surface area contributed by atoms with Gasteiger partial charge >= 0.3 is 0 Å². The van der Waals surface area contributed by atoms with Crippen molar-refractivity contribution in [2.45, 2.75) is 0 Å². The van der Waals surface area contributed by atoms with E-state index in [1.165, 1.54) is 20.2 Å². The van der Waals surface area contributed by atoms with E-state index in [0.717, 1.165) is 23.1 Å². The van der Waals surface area contributed by atoms with E-state index in [-0.39, 0.29) is 16.9 Å². The summed E-state index contributed by atoms with van der Waals surface area (Å²) in [6.07, 6.45) is 0. The standard InChI is InChI=1S/C18H15NO8/c1-19(2)18(26)12-10(22)6-11-13(14(12)23)15(24)16(25)17(27-11)7-3-4-8(20)9(21)5-7/h3-6,20-23,25H,1-2H3. The summed E-state index contributed by atoms with van der Waals surface area (Å²) in [5.41, 5.74) is -1.77. The average molecular weight is 373 g/mol. The van der Waals surface area contributed by atoms with Gasteiger partial charge in [0, 0.05) is 25.7 Å². The first-order valence-corrected chi connectivity index (χ1v) is 7.62. The van der Waals surface area contributed by atoms with Crippen LogP contribution in [0.2, 0.25) is 0 Å². The van der Waals surface area contributed by atoms with Gasteiger partial charge in [0.2, 0.25) is 11.2 Å². The largest absolute Gasteiger partial charge is 0.507 e. The minimum atomic E-state index is -1.04. The van der Waals surface area contributed by atoms with Crippen LogP contribution in [0.3, 0.4) is 0 Å². The van der Waals surface area contributed by atoms with Crippen molar-refractivity contribution in [2.75, 3.05) is 14.1 Å². The van der Waals surface area contributed by atoms with Crippen molar-refractivity contribution in [3.05, 3.63) is 40.1 Å². The van der Waals surface area contributed by atoms with Crippen LogP contribution in [0.5, 0.6) is 28.7 Å². The van der Waals surface area contributed by atoms with Crippen molar-refractivity contribution < 1.29 is 34.7 Å². The molecule has 0 bridgehead atoms. The number of rotatable bonds is 2. The highest BCUT2D eigenvalue weighted by Crippen LogP contribution is 2.40. The molecule has 0 saturated carbocycles. The van der Waals surface area contributed by atoms with Crippen molar-refractivity contribution in [2.24, 2.45) is 0 Å². The smallest absolute Gasteiger partial charge is 0.260 e. The Balaban J connectivity index is 2.36. The van der Waals surface area contributed by atoms with Crippen molar-refractivity contribution in [1.82, 2.24) is 4.90 Å². The molecule has 0 fully saturated rings. The van der Waals surface area contributed by atoms with Crippen LogP contribution >= 0.6 is 0 Å². The Hall–Kier alpha value is -3.88. The van der Waals surface area contributed by atoms with Crippen LogP contribution in [0.25, 0.3) is 22.3 Å². The molecule has 0 aliphatic carbocycles. The highest BCUT2D eigenvalue weighted by Gasteiger charge is 2.26. The Kier molecular flexibility index (Phi) is 4.07. The minimum absolute atomic E-state index is 0.0641. The third kappa shape index (κ3) is 2.74. The maximum Gasteiger partial charge on any atom is 0.260 e. The fraction of sp³-hybridized carbons (Fsp3) is 0.111. The fourth-order valence-electron chi connectivity index (χ4n) is 2.61. The second kappa shape index (κ2) is 6.13. The number of nitrogens with zero attached hydrogens (tertiary/aromatic N) is 1. The molecule has 0 aliphatic rings. The molecule has 1 heterocycles. The Morgan fingerprint density at radius 2 is 1.59 bits per heavy atom. The lowest BCUT2D eigenvalue weighted by Gasteiger charge is -2.14. The molecule has 5 N–H and O–H groups in total. The van der Waals surface area contributed by atoms with Gasteiger partial charge in [-0.05, 0) is 18.2 Å². The highest BCUT2D eigenvalue weighted by molar-refractivity contribution is 6.05. The number of carbonyl (C=O) groups excluding carboxylic acids is 1. The molecule has 0 atom stereocenters. The first kappa shape index (κ1) is 17.9. The summed E-state index contributed by atoms with van der Waals surface area (Å²) < 4.78 is 5.42. The summed E-state index contributed by atoms with van der Waals surface area (Å²) in [5.74, 6) is -4.35. The number of hydrogen-bond donors (Lipinski definition) is 5. The maximum atomic E-state index is 12.6. The number of phenolic OH excluding ortho intramolecular Hbond substituents is 4. The molecular formula is C18H15NO8. The number of aromatic hydroxyl groups is 5. The molecule has 0 spiro atoms. The molecule has 3 rings (SSSR count). The topological polar surface area (TPSA) is 152 Å². The van der Waals surface area contributed by atoms with Crippen LogP contribution in [0.1, 0.15) is 10.4 Å². The first-order chi connectivity index (χ1) is 12.6. The van der Waals surface area contributed by atoms with E-state index in [2.05, 4.69) is 0 Å². The zero-order chi connectivity index (χ0) is 20.0. The molecule has 3 aromatic rings. The molecule has 9 nitrogen and oxygen atoms in total. The molecular weight excluding hydrogens is 358 g/mol. The van der Waals surface area contributed by atoms with Gasteiger partial charge in [0.05, 0.1) is 0 Å². The zero-order valence-corrected chi connectivity index (χ0v) is 14.2. The normalized spacial score (nSPS) is 10.9. The monoisotopic (exact) mass is 373 g/mol. The van der Waals surface area contributed by atoms with Crippen LogP contribution in [-0.2, 0) is 0 Å². The molecule has 1 amide bonds. The van der Waals surface area contributed by atoms with E-state index in [1.807, 2.05) is 0 Å². The predicted octanol–water partition coefficient (Wildman–Crippen LogP) is 1.69. The lowest BCUT2D eigenvalue weighted by molar-refractivity contribution is 0.0822. The van der Waals surface area contributed by atoms with E-state index in [0.29, 0.717) is 0 Å². The molecule has 27 heavy (non-hydrogen) atoms. The summed E-state index contributed by atoms with van der Waals surface area (Å²) in [6, 6.07) is 4.43. The van der Waals surface area contributed by atoms with Gasteiger partial charge in [0.1, 0.15) is 28.0 Å². The van der Waals surface area contributed by atoms with Gasteiger partial charge in [-0.1, -0.05) is 0 Å². The van der Waals surface area contributed by atoms with Crippen LogP contribution < -0.4 is 5.43 Å². The fourth-order valence-corrected chi connectivity index (χ4v) is 2.61. The quantitative estimate of drug-likeness (QED) is 0.426. The Labute approximate surface area is 151 Å². The Morgan fingerprint density at radius 1 is 0.926 bits per heavy atom. The Bertz CT molecular complexity index is 1150. The summed E-state index contributed by atoms with van der Waals surface area (Å²) in [7, 11) is 2.79. The minimum Gasteiger partial charge on any atom is -0.507 e. The maximum absolute atomic E-state index is 12.6. The van der Waals surface area contributed by atoms with Crippen molar-refractivity contribution in [3.63, 3.8) is 0 Å². The Morgan fingerprint density at radius 3 is 2.19 bits per heavy atom. The third-order valence-corrected chi connectivity index (χ3v) is 3.97. The van der Waals surface area contributed by atoms with Gasteiger partial charge in [-0.15, -0.1) is 0 Å². The summed E-state index contributed by atoms with van der Waals surface area (Å²) in [4.78, 5) is 25.8.